The van der Waals surface area contributed by atoms with Crippen molar-refractivity contribution >= 4 is 17.5 Å². The van der Waals surface area contributed by atoms with Crippen molar-refractivity contribution < 1.29 is 19.1 Å². The fourth-order valence-electron chi connectivity index (χ4n) is 3.40. The third-order valence-corrected chi connectivity index (χ3v) is 5.14. The summed E-state index contributed by atoms with van der Waals surface area (Å²) in [5.74, 6) is 1.90. The number of nitrogens with one attached hydrogen (secondary N) is 2. The maximum atomic E-state index is 12.6. The minimum Gasteiger partial charge on any atom is -0.493 e. The number of hydrogen-bond acceptors (Lipinski definition) is 4. The molecule has 2 rings (SSSR count). The number of rotatable bonds is 8. The van der Waals surface area contributed by atoms with Gasteiger partial charge in [-0.05, 0) is 50.2 Å². The topological polar surface area (TPSA) is 76.7 Å². The smallest absolute Gasteiger partial charge is 0.227 e. The van der Waals surface area contributed by atoms with Gasteiger partial charge in [0.25, 0.3) is 0 Å². The van der Waals surface area contributed by atoms with Crippen molar-refractivity contribution in [1.82, 2.24) is 5.32 Å². The zero-order valence-corrected chi connectivity index (χ0v) is 16.8. The van der Waals surface area contributed by atoms with E-state index in [1.807, 2.05) is 0 Å². The molecule has 150 valence electrons. The van der Waals surface area contributed by atoms with Gasteiger partial charge in [0.05, 0.1) is 14.2 Å². The first-order chi connectivity index (χ1) is 12.9. The minimum absolute atomic E-state index is 0.000820. The van der Waals surface area contributed by atoms with E-state index in [9.17, 15) is 9.59 Å². The number of anilines is 1. The molecule has 0 aliphatic heterocycles. The van der Waals surface area contributed by atoms with Gasteiger partial charge in [-0.25, -0.2) is 0 Å². The molecule has 1 aliphatic rings. The predicted molar refractivity (Wildman–Crippen MR) is 106 cm³/mol. The fraction of sp³-hybridized carbons (Fsp3) is 0.619. The summed E-state index contributed by atoms with van der Waals surface area (Å²) in [6.07, 6.45) is 3.99. The van der Waals surface area contributed by atoms with Crippen LogP contribution in [-0.4, -0.2) is 32.6 Å². The van der Waals surface area contributed by atoms with Crippen LogP contribution in [0.3, 0.4) is 0 Å². The van der Waals surface area contributed by atoms with Gasteiger partial charge >= 0.3 is 0 Å². The second-order valence-electron chi connectivity index (χ2n) is 7.58. The predicted octanol–water partition coefficient (Wildman–Crippen LogP) is 3.61. The normalized spacial score (nSPS) is 19.4. The monoisotopic (exact) mass is 376 g/mol. The van der Waals surface area contributed by atoms with Crippen LogP contribution in [0.4, 0.5) is 5.69 Å². The molecule has 6 nitrogen and oxygen atoms in total. The Hall–Kier alpha value is -2.24. The van der Waals surface area contributed by atoms with Gasteiger partial charge in [-0.15, -0.1) is 0 Å². The van der Waals surface area contributed by atoms with Crippen LogP contribution < -0.4 is 20.1 Å². The van der Waals surface area contributed by atoms with E-state index in [0.717, 1.165) is 38.6 Å². The van der Waals surface area contributed by atoms with Gasteiger partial charge in [0, 0.05) is 30.1 Å². The standard InChI is InChI=1S/C21H32N2O4/c1-14(2)11-12-22-20(24)15-5-7-16(8-6-15)21(25)23-17-9-10-18(26-3)19(13-17)27-4/h9-10,13-16H,5-8,11-12H2,1-4H3,(H,22,24)(H,23,25). The molecule has 1 fully saturated rings. The maximum absolute atomic E-state index is 12.6. The zero-order chi connectivity index (χ0) is 19.8. The minimum atomic E-state index is -0.0576. The van der Waals surface area contributed by atoms with Gasteiger partial charge in [-0.3, -0.25) is 9.59 Å². The molecule has 2 N–H and O–H groups in total. The molecule has 0 atom stereocenters. The fourth-order valence-corrected chi connectivity index (χ4v) is 3.40. The average Bonchev–Trinajstić information content (AvgIpc) is 2.67. The SMILES string of the molecule is COc1ccc(NC(=O)C2CCC(C(=O)NCCC(C)C)CC2)cc1OC. The highest BCUT2D eigenvalue weighted by atomic mass is 16.5. The molecule has 1 aliphatic carbocycles. The molecular formula is C21H32N2O4. The summed E-state index contributed by atoms with van der Waals surface area (Å²) in [7, 11) is 3.14. The van der Waals surface area contributed by atoms with Crippen molar-refractivity contribution in [2.75, 3.05) is 26.1 Å². The third-order valence-electron chi connectivity index (χ3n) is 5.14. The summed E-state index contributed by atoms with van der Waals surface area (Å²) in [6, 6.07) is 5.32. The van der Waals surface area contributed by atoms with E-state index in [0.29, 0.717) is 23.1 Å². The second-order valence-corrected chi connectivity index (χ2v) is 7.58. The quantitative estimate of drug-likeness (QED) is 0.727. The van der Waals surface area contributed by atoms with Gasteiger partial charge in [0.2, 0.25) is 11.8 Å². The highest BCUT2D eigenvalue weighted by Gasteiger charge is 2.29. The number of carbonyl (C=O) groups excluding carboxylic acids is 2. The molecule has 1 aromatic rings. The Morgan fingerprint density at radius 2 is 1.59 bits per heavy atom. The van der Waals surface area contributed by atoms with Crippen molar-refractivity contribution in [2.45, 2.75) is 46.0 Å². The molecule has 1 saturated carbocycles. The molecule has 0 unspecified atom stereocenters. The van der Waals surface area contributed by atoms with Crippen LogP contribution in [0.15, 0.2) is 18.2 Å². The first-order valence-corrected chi connectivity index (χ1v) is 9.75. The van der Waals surface area contributed by atoms with Crippen LogP contribution in [-0.2, 0) is 9.59 Å². The summed E-state index contributed by atoms with van der Waals surface area (Å²) in [5, 5.41) is 5.98. The molecular weight excluding hydrogens is 344 g/mol. The molecule has 6 heteroatoms. The van der Waals surface area contributed by atoms with Gasteiger partial charge in [0.15, 0.2) is 11.5 Å². The van der Waals surface area contributed by atoms with Gasteiger partial charge in [-0.2, -0.15) is 0 Å². The van der Waals surface area contributed by atoms with E-state index in [-0.39, 0.29) is 23.7 Å². The number of carbonyl (C=O) groups is 2. The molecule has 1 aromatic carbocycles. The first kappa shape index (κ1) is 21.1. The maximum Gasteiger partial charge on any atom is 0.227 e. The Morgan fingerprint density at radius 1 is 1.00 bits per heavy atom. The van der Waals surface area contributed by atoms with Crippen LogP contribution in [0.25, 0.3) is 0 Å². The number of amides is 2. The summed E-state index contributed by atoms with van der Waals surface area (Å²) in [6.45, 7) is 5.03. The highest BCUT2D eigenvalue weighted by molar-refractivity contribution is 5.93. The van der Waals surface area contributed by atoms with Crippen molar-refractivity contribution in [3.05, 3.63) is 18.2 Å². The lowest BCUT2D eigenvalue weighted by atomic mass is 9.81. The molecule has 27 heavy (non-hydrogen) atoms. The Labute approximate surface area is 162 Å². The Balaban J connectivity index is 1.82. The molecule has 0 aromatic heterocycles. The van der Waals surface area contributed by atoms with Crippen molar-refractivity contribution in [3.63, 3.8) is 0 Å². The lowest BCUT2D eigenvalue weighted by Crippen LogP contribution is -2.36. The number of methoxy groups -OCH3 is 2. The molecule has 0 radical (unpaired) electrons. The first-order valence-electron chi connectivity index (χ1n) is 9.75. The van der Waals surface area contributed by atoms with Crippen molar-refractivity contribution in [3.8, 4) is 11.5 Å². The van der Waals surface area contributed by atoms with E-state index in [4.69, 9.17) is 9.47 Å². The van der Waals surface area contributed by atoms with Gasteiger partial charge in [-0.1, -0.05) is 13.8 Å². The molecule has 0 heterocycles. The summed E-state index contributed by atoms with van der Waals surface area (Å²) in [5.41, 5.74) is 0.686. The van der Waals surface area contributed by atoms with Crippen molar-refractivity contribution in [1.29, 1.82) is 0 Å². The third kappa shape index (κ3) is 6.15. The van der Waals surface area contributed by atoms with E-state index in [1.54, 1.807) is 32.4 Å². The number of ether oxygens (including phenoxy) is 2. The highest BCUT2D eigenvalue weighted by Crippen LogP contribution is 2.32. The molecule has 0 saturated heterocycles. The Morgan fingerprint density at radius 3 is 2.15 bits per heavy atom. The van der Waals surface area contributed by atoms with Gasteiger partial charge in [0.1, 0.15) is 0 Å². The largest absolute Gasteiger partial charge is 0.493 e. The Bertz CT molecular complexity index is 637. The number of benzene rings is 1. The van der Waals surface area contributed by atoms with Crippen LogP contribution >= 0.6 is 0 Å². The van der Waals surface area contributed by atoms with E-state index >= 15 is 0 Å². The van der Waals surface area contributed by atoms with Crippen LogP contribution in [0, 0.1) is 17.8 Å². The summed E-state index contributed by atoms with van der Waals surface area (Å²) >= 11 is 0. The van der Waals surface area contributed by atoms with Crippen LogP contribution in [0.5, 0.6) is 11.5 Å². The lowest BCUT2D eigenvalue weighted by molar-refractivity contribution is -0.128. The Kier molecular flexibility index (Phi) is 7.95. The lowest BCUT2D eigenvalue weighted by Gasteiger charge is -2.27. The second kappa shape index (κ2) is 10.2. The molecule has 2 amide bonds. The van der Waals surface area contributed by atoms with E-state index in [2.05, 4.69) is 24.5 Å². The molecule has 0 bridgehead atoms. The average molecular weight is 376 g/mol. The summed E-state index contributed by atoms with van der Waals surface area (Å²) in [4.78, 5) is 24.8. The van der Waals surface area contributed by atoms with Crippen molar-refractivity contribution in [2.24, 2.45) is 17.8 Å². The molecule has 0 spiro atoms. The van der Waals surface area contributed by atoms with E-state index < -0.39 is 0 Å². The zero-order valence-electron chi connectivity index (χ0n) is 16.8. The van der Waals surface area contributed by atoms with Crippen LogP contribution in [0.1, 0.15) is 46.0 Å². The number of hydrogen-bond donors (Lipinski definition) is 2. The summed E-state index contributed by atoms with van der Waals surface area (Å²) < 4.78 is 10.5. The van der Waals surface area contributed by atoms with Gasteiger partial charge < -0.3 is 20.1 Å². The van der Waals surface area contributed by atoms with E-state index in [1.165, 1.54) is 0 Å². The van der Waals surface area contributed by atoms with Crippen LogP contribution in [0.2, 0.25) is 0 Å².